The summed E-state index contributed by atoms with van der Waals surface area (Å²) in [6.07, 6.45) is 1.38. The van der Waals surface area contributed by atoms with Gasteiger partial charge in [-0.1, -0.05) is 18.2 Å². The van der Waals surface area contributed by atoms with E-state index in [0.717, 1.165) is 9.13 Å². The number of nitrogen functional groups attached to an aromatic ring is 1. The number of allylic oxidation sites excluding steroid dienone is 1. The van der Waals surface area contributed by atoms with Gasteiger partial charge in [-0.15, -0.1) is 0 Å². The summed E-state index contributed by atoms with van der Waals surface area (Å²) >= 11 is 2.22. The number of halogens is 2. The van der Waals surface area contributed by atoms with Gasteiger partial charge in [-0.2, -0.15) is 22.8 Å². The van der Waals surface area contributed by atoms with Crippen molar-refractivity contribution in [2.75, 3.05) is 19.1 Å². The number of aromatic nitrogens is 4. The summed E-state index contributed by atoms with van der Waals surface area (Å²) in [4.78, 5) is 12.2. The van der Waals surface area contributed by atoms with E-state index >= 15 is 0 Å². The van der Waals surface area contributed by atoms with Crippen molar-refractivity contribution >= 4 is 49.9 Å². The van der Waals surface area contributed by atoms with Crippen LogP contribution < -0.4 is 10.9 Å². The second kappa shape index (κ2) is 9.74. The fourth-order valence-corrected chi connectivity index (χ4v) is 4.58. The van der Waals surface area contributed by atoms with Gasteiger partial charge in [0.25, 0.3) is 0 Å². The van der Waals surface area contributed by atoms with E-state index in [0.29, 0.717) is 31.0 Å². The fourth-order valence-electron chi connectivity index (χ4n) is 3.53. The molecular formula is C19H20FIN6O5S. The maximum absolute atomic E-state index is 14.0. The molecule has 176 valence electrons. The zero-order valence-corrected chi connectivity index (χ0v) is 20.1. The van der Waals surface area contributed by atoms with E-state index in [4.69, 9.17) is 20.3 Å². The molecule has 0 saturated heterocycles. The average Bonchev–Trinajstić information content (AvgIpc) is 3.38. The maximum atomic E-state index is 14.0. The first kappa shape index (κ1) is 23.6. The van der Waals surface area contributed by atoms with Gasteiger partial charge >= 0.3 is 16.4 Å². The Balaban J connectivity index is 1.78. The van der Waals surface area contributed by atoms with E-state index in [1.54, 1.807) is 4.57 Å². The fraction of sp³-hybridized carbons (Fsp3) is 0.316. The van der Waals surface area contributed by atoms with Crippen LogP contribution in [0.5, 0.6) is 0 Å². The third-order valence-corrected chi connectivity index (χ3v) is 6.38. The molecule has 0 saturated carbocycles. The predicted octanol–water partition coefficient (Wildman–Crippen LogP) is 2.13. The number of anilines is 1. The van der Waals surface area contributed by atoms with Crippen molar-refractivity contribution < 1.29 is 26.5 Å². The smallest absolute Gasteiger partial charge is 0.333 e. The Morgan fingerprint density at radius 2 is 2.03 bits per heavy atom. The van der Waals surface area contributed by atoms with Crippen molar-refractivity contribution in [3.05, 3.63) is 57.3 Å². The van der Waals surface area contributed by atoms with E-state index < -0.39 is 22.3 Å². The molecule has 4 N–H and O–H groups in total. The number of nitrogens with zero attached hydrogens (tertiary/aromatic N) is 4. The molecule has 0 amide bonds. The minimum absolute atomic E-state index is 0.0664. The van der Waals surface area contributed by atoms with E-state index in [1.165, 1.54) is 6.26 Å². The molecule has 1 aromatic carbocycles. The lowest BCUT2D eigenvalue weighted by Gasteiger charge is -2.20. The zero-order valence-electron chi connectivity index (χ0n) is 17.1. The third-order valence-electron chi connectivity index (χ3n) is 4.90. The maximum Gasteiger partial charge on any atom is 0.333 e. The molecule has 1 aliphatic heterocycles. The molecule has 0 aliphatic carbocycles. The molecule has 3 heterocycles. The number of benzene rings is 1. The normalized spacial score (nSPS) is 14.7. The lowest BCUT2D eigenvalue weighted by Crippen LogP contribution is -2.17. The molecule has 33 heavy (non-hydrogen) atoms. The number of imidazole rings is 1. The Hall–Kier alpha value is -2.56. The predicted molar refractivity (Wildman–Crippen MR) is 124 cm³/mol. The third kappa shape index (κ3) is 5.34. The number of hydrogen-bond acceptors (Lipinski definition) is 9. The average molecular weight is 590 g/mol. The van der Waals surface area contributed by atoms with Crippen molar-refractivity contribution in [3.8, 4) is 0 Å². The molecule has 0 fully saturated rings. The summed E-state index contributed by atoms with van der Waals surface area (Å²) in [5.41, 5.74) is 7.32. The first-order valence-electron chi connectivity index (χ1n) is 9.80. The van der Waals surface area contributed by atoms with Crippen molar-refractivity contribution in [2.24, 2.45) is 5.14 Å². The second-order valence-corrected chi connectivity index (χ2v) is 9.48. The summed E-state index contributed by atoms with van der Waals surface area (Å²) in [5.74, 6) is 0.456. The molecule has 1 atom stereocenters. The van der Waals surface area contributed by atoms with Gasteiger partial charge < -0.3 is 19.8 Å². The molecule has 4 rings (SSSR count). The summed E-state index contributed by atoms with van der Waals surface area (Å²) < 4.78 is 54.3. The van der Waals surface area contributed by atoms with Crippen LogP contribution >= 0.6 is 22.6 Å². The SMILES string of the molecule is Nc1nc(F)nc2c1nc(C(C1=COCO1)c1ccccc1I)n2CCCCOS(N)(=O)=O. The minimum atomic E-state index is -4.02. The highest BCUT2D eigenvalue weighted by Crippen LogP contribution is 2.38. The molecule has 3 aromatic rings. The van der Waals surface area contributed by atoms with Crippen LogP contribution in [-0.4, -0.2) is 41.3 Å². The van der Waals surface area contributed by atoms with Gasteiger partial charge in [-0.05, 0) is 47.1 Å². The molecule has 0 bridgehead atoms. The number of hydrogen-bond donors (Lipinski definition) is 2. The first-order chi connectivity index (χ1) is 15.7. The lowest BCUT2D eigenvalue weighted by molar-refractivity contribution is 0.0764. The van der Waals surface area contributed by atoms with E-state index in [9.17, 15) is 12.8 Å². The van der Waals surface area contributed by atoms with Crippen LogP contribution in [-0.2, 0) is 30.5 Å². The lowest BCUT2D eigenvalue weighted by atomic mass is 9.96. The highest BCUT2D eigenvalue weighted by atomic mass is 127. The van der Waals surface area contributed by atoms with Gasteiger partial charge in [0.1, 0.15) is 23.8 Å². The molecule has 14 heteroatoms. The van der Waals surface area contributed by atoms with Crippen LogP contribution in [0.4, 0.5) is 10.2 Å². The molecular weight excluding hydrogens is 570 g/mol. The van der Waals surface area contributed by atoms with Gasteiger partial charge in [0, 0.05) is 10.1 Å². The Kier molecular flexibility index (Phi) is 6.96. The van der Waals surface area contributed by atoms with Crippen LogP contribution in [0.1, 0.15) is 30.1 Å². The number of aryl methyl sites for hydroxylation is 1. The summed E-state index contributed by atoms with van der Waals surface area (Å²) in [5, 5.41) is 4.86. The standard InChI is InChI=1S/C19H20FIN6O5S/c20-19-25-16(22)15-18(26-19)27(7-3-4-8-32-33(23,28)29)17(24-15)14(13-9-30-10-31-13)11-5-1-2-6-12(11)21/h1-2,5-6,9,14H,3-4,7-8,10H2,(H2,22,25,26)(H2,23,28,29). The van der Waals surface area contributed by atoms with Gasteiger partial charge in [-0.25, -0.2) is 10.1 Å². The monoisotopic (exact) mass is 590 g/mol. The van der Waals surface area contributed by atoms with Crippen LogP contribution in [0, 0.1) is 9.65 Å². The van der Waals surface area contributed by atoms with E-state index in [-0.39, 0.29) is 30.4 Å². The summed E-state index contributed by atoms with van der Waals surface area (Å²) in [6, 6.07) is 7.70. The van der Waals surface area contributed by atoms with Gasteiger partial charge in [0.2, 0.25) is 6.79 Å². The molecule has 1 unspecified atom stereocenters. The number of rotatable bonds is 9. The number of fused-ring (bicyclic) bond motifs is 1. The Morgan fingerprint density at radius 3 is 2.73 bits per heavy atom. The Morgan fingerprint density at radius 1 is 1.24 bits per heavy atom. The van der Waals surface area contributed by atoms with E-state index in [1.807, 2.05) is 24.3 Å². The topological polar surface area (TPSA) is 157 Å². The highest BCUT2D eigenvalue weighted by molar-refractivity contribution is 14.1. The second-order valence-electron chi connectivity index (χ2n) is 7.10. The minimum Gasteiger partial charge on any atom is -0.462 e. The molecule has 1 aliphatic rings. The van der Waals surface area contributed by atoms with Gasteiger partial charge in [0.05, 0.1) is 6.61 Å². The highest BCUT2D eigenvalue weighted by Gasteiger charge is 2.32. The van der Waals surface area contributed by atoms with Crippen LogP contribution in [0.3, 0.4) is 0 Å². The van der Waals surface area contributed by atoms with Crippen LogP contribution in [0.25, 0.3) is 11.2 Å². The van der Waals surface area contributed by atoms with Crippen LogP contribution in [0.15, 0.2) is 36.3 Å². The van der Waals surface area contributed by atoms with E-state index in [2.05, 4.69) is 41.7 Å². The largest absolute Gasteiger partial charge is 0.462 e. The number of unbranched alkanes of at least 4 members (excludes halogenated alkanes) is 1. The first-order valence-corrected chi connectivity index (χ1v) is 12.3. The zero-order chi connectivity index (χ0) is 23.6. The Bertz CT molecular complexity index is 1320. The molecule has 0 radical (unpaired) electrons. The summed E-state index contributed by atoms with van der Waals surface area (Å²) in [7, 11) is -4.02. The quantitative estimate of drug-likeness (QED) is 0.216. The van der Waals surface area contributed by atoms with Gasteiger partial charge in [-0.3, -0.25) is 4.18 Å². The van der Waals surface area contributed by atoms with Crippen molar-refractivity contribution in [1.82, 2.24) is 19.5 Å². The van der Waals surface area contributed by atoms with Crippen molar-refractivity contribution in [1.29, 1.82) is 0 Å². The van der Waals surface area contributed by atoms with Crippen LogP contribution in [0.2, 0.25) is 0 Å². The Labute approximate surface area is 202 Å². The molecule has 11 nitrogen and oxygen atoms in total. The van der Waals surface area contributed by atoms with Crippen molar-refractivity contribution in [3.63, 3.8) is 0 Å². The number of ether oxygens (including phenoxy) is 2. The van der Waals surface area contributed by atoms with Crippen molar-refractivity contribution in [2.45, 2.75) is 25.3 Å². The molecule has 2 aromatic heterocycles. The molecule has 0 spiro atoms. The summed E-state index contributed by atoms with van der Waals surface area (Å²) in [6.45, 7) is 0.301. The van der Waals surface area contributed by atoms with Gasteiger partial charge in [0.15, 0.2) is 17.0 Å². The number of nitrogens with two attached hydrogens (primary N) is 2.